The largest absolute Gasteiger partial charge is 0.445 e. The number of ether oxygens (including phenoxy) is 2. The first-order chi connectivity index (χ1) is 12.6. The first-order valence-corrected chi connectivity index (χ1v) is 8.69. The molecule has 1 aromatic carbocycles. The Morgan fingerprint density at radius 3 is 2.62 bits per heavy atom. The van der Waals surface area contributed by atoms with E-state index in [4.69, 9.17) is 9.47 Å². The fraction of sp³-hybridized carbons (Fsp3) is 0.350. The van der Waals surface area contributed by atoms with Crippen LogP contribution in [0.5, 0.6) is 0 Å². The second kappa shape index (κ2) is 9.56. The van der Waals surface area contributed by atoms with Crippen molar-refractivity contribution >= 4 is 18.0 Å². The lowest BCUT2D eigenvalue weighted by Crippen LogP contribution is -2.43. The molecule has 1 amide bonds. The Morgan fingerprint density at radius 2 is 2.00 bits per heavy atom. The van der Waals surface area contributed by atoms with E-state index in [0.29, 0.717) is 12.1 Å². The monoisotopic (exact) mass is 356 g/mol. The maximum atomic E-state index is 12.2. The number of aliphatic imine (C=N–C) groups is 1. The van der Waals surface area contributed by atoms with Crippen LogP contribution in [-0.4, -0.2) is 30.6 Å². The maximum Gasteiger partial charge on any atom is 0.408 e. The van der Waals surface area contributed by atoms with Gasteiger partial charge in [-0.2, -0.15) is 0 Å². The molecule has 0 unspecified atom stereocenters. The van der Waals surface area contributed by atoms with Crippen molar-refractivity contribution in [1.29, 1.82) is 0 Å². The molecule has 0 bridgehead atoms. The number of alkyl carbamates (subject to hydrolysis) is 1. The highest BCUT2D eigenvalue weighted by Crippen LogP contribution is 2.22. The van der Waals surface area contributed by atoms with Gasteiger partial charge in [0.25, 0.3) is 0 Å². The van der Waals surface area contributed by atoms with Crippen molar-refractivity contribution in [3.63, 3.8) is 0 Å². The van der Waals surface area contributed by atoms with Crippen molar-refractivity contribution in [2.45, 2.75) is 39.2 Å². The lowest BCUT2D eigenvalue weighted by molar-refractivity contribution is -0.130. The summed E-state index contributed by atoms with van der Waals surface area (Å²) >= 11 is 0. The van der Waals surface area contributed by atoms with E-state index in [0.717, 1.165) is 24.0 Å². The van der Waals surface area contributed by atoms with Gasteiger partial charge < -0.3 is 14.8 Å². The Morgan fingerprint density at radius 1 is 1.31 bits per heavy atom. The zero-order chi connectivity index (χ0) is 18.9. The molecule has 0 spiro atoms. The van der Waals surface area contributed by atoms with Crippen LogP contribution in [0.3, 0.4) is 0 Å². The number of cyclic esters (lactones) is 1. The van der Waals surface area contributed by atoms with Gasteiger partial charge in [0.15, 0.2) is 5.70 Å². The molecule has 0 aromatic heterocycles. The number of nitrogens with one attached hydrogen (secondary N) is 1. The molecule has 0 radical (unpaired) electrons. The fourth-order valence-electron chi connectivity index (χ4n) is 2.65. The number of nitrogens with zero attached hydrogens (tertiary/aromatic N) is 1. The van der Waals surface area contributed by atoms with Crippen LogP contribution in [0.1, 0.15) is 32.3 Å². The van der Waals surface area contributed by atoms with Gasteiger partial charge in [-0.25, -0.2) is 14.6 Å². The van der Waals surface area contributed by atoms with Crippen LogP contribution < -0.4 is 5.32 Å². The van der Waals surface area contributed by atoms with E-state index < -0.39 is 18.1 Å². The molecule has 6 heteroatoms. The number of rotatable bonds is 8. The van der Waals surface area contributed by atoms with Gasteiger partial charge in [-0.1, -0.05) is 56.8 Å². The van der Waals surface area contributed by atoms with Crippen LogP contribution in [0.25, 0.3) is 0 Å². The Bertz CT molecular complexity index is 717. The SMILES string of the molecule is C=CCOC(=O)N[C@@H](Cc1ccccc1)C1=NC(=C(CC)CC)C(=O)O1. The number of benzene rings is 1. The summed E-state index contributed by atoms with van der Waals surface area (Å²) in [6, 6.07) is 8.98. The summed E-state index contributed by atoms with van der Waals surface area (Å²) in [5, 5.41) is 2.72. The summed E-state index contributed by atoms with van der Waals surface area (Å²) in [4.78, 5) is 28.6. The summed E-state index contributed by atoms with van der Waals surface area (Å²) in [6.45, 7) is 7.55. The molecule has 1 atom stereocenters. The van der Waals surface area contributed by atoms with Gasteiger partial charge in [0.1, 0.15) is 12.6 Å². The quantitative estimate of drug-likeness (QED) is 0.439. The van der Waals surface area contributed by atoms with E-state index in [1.54, 1.807) is 0 Å². The van der Waals surface area contributed by atoms with E-state index in [2.05, 4.69) is 16.9 Å². The second-order valence-corrected chi connectivity index (χ2v) is 5.77. The molecule has 6 nitrogen and oxygen atoms in total. The van der Waals surface area contributed by atoms with Gasteiger partial charge in [0.2, 0.25) is 5.90 Å². The molecule has 0 saturated heterocycles. The minimum Gasteiger partial charge on any atom is -0.445 e. The molecule has 0 saturated carbocycles. The van der Waals surface area contributed by atoms with Gasteiger partial charge in [-0.05, 0) is 24.0 Å². The Hall–Kier alpha value is -2.89. The number of hydrogen-bond acceptors (Lipinski definition) is 5. The van der Waals surface area contributed by atoms with Crippen LogP contribution in [0.2, 0.25) is 0 Å². The zero-order valence-electron chi connectivity index (χ0n) is 15.2. The Labute approximate surface area is 153 Å². The molecule has 1 aliphatic heterocycles. The second-order valence-electron chi connectivity index (χ2n) is 5.77. The number of hydrogen-bond donors (Lipinski definition) is 1. The lowest BCUT2D eigenvalue weighted by Gasteiger charge is -2.17. The third-order valence-corrected chi connectivity index (χ3v) is 4.01. The van der Waals surface area contributed by atoms with Crippen molar-refractivity contribution in [2.75, 3.05) is 6.61 Å². The summed E-state index contributed by atoms with van der Waals surface area (Å²) in [6.07, 6.45) is 2.73. The minimum absolute atomic E-state index is 0.0944. The number of carbonyl (C=O) groups excluding carboxylic acids is 2. The van der Waals surface area contributed by atoms with Gasteiger partial charge in [-0.3, -0.25) is 0 Å². The molecule has 138 valence electrons. The van der Waals surface area contributed by atoms with Crippen LogP contribution in [0.15, 0.2) is 59.2 Å². The molecule has 0 aliphatic carbocycles. The van der Waals surface area contributed by atoms with Crippen molar-refractivity contribution < 1.29 is 19.1 Å². The fourth-order valence-corrected chi connectivity index (χ4v) is 2.65. The number of carbonyl (C=O) groups is 2. The van der Waals surface area contributed by atoms with Crippen molar-refractivity contribution in [1.82, 2.24) is 5.32 Å². The summed E-state index contributed by atoms with van der Waals surface area (Å²) < 4.78 is 10.3. The average Bonchev–Trinajstić information content (AvgIpc) is 3.03. The molecule has 1 aromatic rings. The number of esters is 1. The van der Waals surface area contributed by atoms with E-state index in [-0.39, 0.29) is 12.5 Å². The van der Waals surface area contributed by atoms with Crippen molar-refractivity contribution in [2.24, 2.45) is 4.99 Å². The Kier molecular flexibility index (Phi) is 7.14. The summed E-state index contributed by atoms with van der Waals surface area (Å²) in [5.41, 5.74) is 2.24. The van der Waals surface area contributed by atoms with E-state index in [1.807, 2.05) is 44.2 Å². The highest BCUT2D eigenvalue weighted by Gasteiger charge is 2.32. The number of allylic oxidation sites excluding steroid dienone is 1. The first kappa shape index (κ1) is 19.4. The topological polar surface area (TPSA) is 77.0 Å². The van der Waals surface area contributed by atoms with E-state index in [9.17, 15) is 9.59 Å². The van der Waals surface area contributed by atoms with Gasteiger partial charge in [0.05, 0.1) is 0 Å². The van der Waals surface area contributed by atoms with Crippen molar-refractivity contribution in [3.05, 3.63) is 59.8 Å². The van der Waals surface area contributed by atoms with Gasteiger partial charge in [0, 0.05) is 6.42 Å². The molecule has 26 heavy (non-hydrogen) atoms. The zero-order valence-corrected chi connectivity index (χ0v) is 15.2. The van der Waals surface area contributed by atoms with Crippen LogP contribution in [0, 0.1) is 0 Å². The molecule has 1 heterocycles. The molecular weight excluding hydrogens is 332 g/mol. The normalized spacial score (nSPS) is 14.3. The predicted molar refractivity (Wildman–Crippen MR) is 99.7 cm³/mol. The van der Waals surface area contributed by atoms with Crippen LogP contribution in [0.4, 0.5) is 4.79 Å². The number of amides is 1. The lowest BCUT2D eigenvalue weighted by atomic mass is 10.1. The average molecular weight is 356 g/mol. The summed E-state index contributed by atoms with van der Waals surface area (Å²) in [5.74, 6) is -0.290. The van der Waals surface area contributed by atoms with Gasteiger partial charge in [-0.15, -0.1) is 0 Å². The molecule has 1 aliphatic rings. The van der Waals surface area contributed by atoms with E-state index in [1.165, 1.54) is 6.08 Å². The highest BCUT2D eigenvalue weighted by atomic mass is 16.6. The van der Waals surface area contributed by atoms with E-state index >= 15 is 0 Å². The minimum atomic E-state index is -0.617. The smallest absolute Gasteiger partial charge is 0.408 e. The predicted octanol–water partition coefficient (Wildman–Crippen LogP) is 3.54. The molecule has 2 rings (SSSR count). The molecule has 1 N–H and O–H groups in total. The third kappa shape index (κ3) is 5.05. The summed E-state index contributed by atoms with van der Waals surface area (Å²) in [7, 11) is 0. The third-order valence-electron chi connectivity index (χ3n) is 4.01. The molecule has 0 fully saturated rings. The van der Waals surface area contributed by atoms with Gasteiger partial charge >= 0.3 is 12.1 Å². The maximum absolute atomic E-state index is 12.2. The highest BCUT2D eigenvalue weighted by molar-refractivity contribution is 6.07. The standard InChI is InChI=1S/C20H24N2O4/c1-4-12-25-20(24)21-16(13-14-10-8-7-9-11-14)18-22-17(19(23)26-18)15(5-2)6-3/h4,7-11,16H,1,5-6,12-13H2,2-3H3,(H,21,24)/t16-/m0/s1. The first-order valence-electron chi connectivity index (χ1n) is 8.69. The Balaban J connectivity index is 2.26. The van der Waals surface area contributed by atoms with Crippen LogP contribution in [-0.2, 0) is 20.7 Å². The molecular formula is C20H24N2O4. The van der Waals surface area contributed by atoms with Crippen LogP contribution >= 0.6 is 0 Å². The van der Waals surface area contributed by atoms with Crippen molar-refractivity contribution in [3.8, 4) is 0 Å².